The Hall–Kier alpha value is -0.531. The molecule has 6 nitrogen and oxygen atoms in total. The van der Waals surface area contributed by atoms with Crippen LogP contribution in [0.2, 0.25) is 0 Å². The summed E-state index contributed by atoms with van der Waals surface area (Å²) in [5, 5.41) is 15.2. The molecule has 1 aromatic heterocycles. The molecule has 0 aromatic carbocycles. The Balaban J connectivity index is 0.00000140. The minimum atomic E-state index is 0. The van der Waals surface area contributed by atoms with Crippen LogP contribution >= 0.6 is 0 Å². The largest absolute Gasteiger partial charge is 0.412 e. The second kappa shape index (κ2) is 12.2. The average molecular weight is 430 g/mol. The quantitative estimate of drug-likeness (QED) is 0.465. The molecule has 2 fully saturated rings. The Kier molecular flexibility index (Phi) is 10.4. The Morgan fingerprint density at radius 3 is 1.46 bits per heavy atom. The van der Waals surface area contributed by atoms with E-state index in [0.29, 0.717) is 24.2 Å². The van der Waals surface area contributed by atoms with Crippen LogP contribution in [0.1, 0.15) is 62.8 Å². The molecule has 1 unspecified atom stereocenters. The van der Waals surface area contributed by atoms with E-state index in [1.54, 1.807) is 0 Å². The first-order chi connectivity index (χ1) is 12.9. The Morgan fingerprint density at radius 2 is 1.04 bits per heavy atom. The maximum Gasteiger partial charge on any atom is 0.0545 e. The van der Waals surface area contributed by atoms with Crippen LogP contribution < -0.4 is 21.3 Å². The number of hydrogen-bond donors (Lipinski definition) is 4. The van der Waals surface area contributed by atoms with Gasteiger partial charge >= 0.3 is 0 Å². The number of aromatic nitrogens is 1. The summed E-state index contributed by atoms with van der Waals surface area (Å²) < 4.78 is 0. The molecule has 1 radical (unpaired) electrons. The van der Waals surface area contributed by atoms with Crippen LogP contribution in [0, 0.1) is 0 Å². The van der Waals surface area contributed by atoms with Crippen LogP contribution in [0.25, 0.3) is 0 Å². The van der Waals surface area contributed by atoms with Crippen LogP contribution in [0.3, 0.4) is 0 Å². The summed E-state index contributed by atoms with van der Waals surface area (Å²) in [6.07, 6.45) is 10.5. The molecule has 0 amide bonds. The van der Waals surface area contributed by atoms with E-state index in [2.05, 4.69) is 39.5 Å². The molecule has 2 heterocycles. The topological polar surface area (TPSA) is 92.5 Å². The summed E-state index contributed by atoms with van der Waals surface area (Å²) in [4.78, 5) is 4.89. The van der Waals surface area contributed by atoms with Gasteiger partial charge in [-0.25, -0.2) is 0 Å². The summed E-state index contributed by atoms with van der Waals surface area (Å²) in [6.45, 7) is 3.89. The zero-order valence-corrected chi connectivity index (χ0v) is 18.0. The van der Waals surface area contributed by atoms with Crippen molar-refractivity contribution in [2.45, 2.75) is 88.6 Å². The van der Waals surface area contributed by atoms with E-state index >= 15 is 0 Å². The first kappa shape index (κ1) is 23.7. The van der Waals surface area contributed by atoms with E-state index < -0.39 is 0 Å². The van der Waals surface area contributed by atoms with Crippen LogP contribution in [0.5, 0.6) is 0 Å². The molecule has 6 N–H and O–H groups in total. The van der Waals surface area contributed by atoms with Gasteiger partial charge in [0.2, 0.25) is 0 Å². The van der Waals surface area contributed by atoms with Gasteiger partial charge in [-0.15, -0.1) is 0 Å². The van der Waals surface area contributed by atoms with Crippen LogP contribution in [-0.2, 0) is 30.2 Å². The molecular formula is C21H37MnN5O. The van der Waals surface area contributed by atoms with Crippen molar-refractivity contribution >= 4 is 0 Å². The third-order valence-electron chi connectivity index (χ3n) is 6.43. The molecule has 1 aromatic rings. The molecule has 2 saturated carbocycles. The number of rotatable bonds is 0. The minimum absolute atomic E-state index is 0. The number of nitrogens with zero attached hydrogens (tertiary/aromatic N) is 1. The van der Waals surface area contributed by atoms with Crippen LogP contribution in [0.15, 0.2) is 18.2 Å². The smallest absolute Gasteiger partial charge is 0.0545 e. The Labute approximate surface area is 180 Å². The summed E-state index contributed by atoms with van der Waals surface area (Å²) in [7, 11) is 0. The number of pyridine rings is 1. The molecule has 4 atom stereocenters. The van der Waals surface area contributed by atoms with Gasteiger partial charge < -0.3 is 26.7 Å². The molecule has 3 aliphatic rings. The van der Waals surface area contributed by atoms with E-state index in [9.17, 15) is 0 Å². The van der Waals surface area contributed by atoms with E-state index in [4.69, 9.17) is 4.98 Å². The predicted octanol–water partition coefficient (Wildman–Crippen LogP) is 1.25. The van der Waals surface area contributed by atoms with Crippen molar-refractivity contribution in [1.82, 2.24) is 26.3 Å². The zero-order chi connectivity index (χ0) is 17.6. The molecule has 1 aliphatic heterocycles. The monoisotopic (exact) mass is 430 g/mol. The number of fused-ring (bicyclic) bond motifs is 4. The fourth-order valence-corrected chi connectivity index (χ4v) is 4.95. The molecule has 0 spiro atoms. The molecule has 4 rings (SSSR count). The Morgan fingerprint density at radius 1 is 0.643 bits per heavy atom. The van der Waals surface area contributed by atoms with Crippen molar-refractivity contribution in [3.05, 3.63) is 29.6 Å². The van der Waals surface area contributed by atoms with Crippen molar-refractivity contribution in [3.8, 4) is 0 Å². The average Bonchev–Trinajstić information content (AvgIpc) is 2.69. The van der Waals surface area contributed by atoms with Crippen LogP contribution in [0.4, 0.5) is 0 Å². The normalized spacial score (nSPS) is 31.6. The molecular weight excluding hydrogens is 393 g/mol. The van der Waals surface area contributed by atoms with Gasteiger partial charge in [0.05, 0.1) is 11.4 Å². The third kappa shape index (κ3) is 6.49. The first-order valence-electron chi connectivity index (χ1n) is 10.8. The van der Waals surface area contributed by atoms with Gasteiger partial charge in [-0.2, -0.15) is 0 Å². The first-order valence-corrected chi connectivity index (χ1v) is 10.8. The van der Waals surface area contributed by atoms with E-state index in [-0.39, 0.29) is 22.5 Å². The molecule has 7 heteroatoms. The molecule has 2 aliphatic carbocycles. The fraction of sp³-hybridized carbons (Fsp3) is 0.762. The maximum absolute atomic E-state index is 4.89. The van der Waals surface area contributed by atoms with Crippen molar-refractivity contribution in [1.29, 1.82) is 0 Å². The molecule has 0 saturated heterocycles. The van der Waals surface area contributed by atoms with Crippen molar-refractivity contribution in [2.75, 3.05) is 13.1 Å². The molecule has 159 valence electrons. The summed E-state index contributed by atoms with van der Waals surface area (Å²) in [5.41, 5.74) is 2.34. The predicted molar refractivity (Wildman–Crippen MR) is 110 cm³/mol. The second-order valence-corrected chi connectivity index (χ2v) is 8.29. The minimum Gasteiger partial charge on any atom is -0.412 e. The van der Waals surface area contributed by atoms with Crippen LogP contribution in [-0.4, -0.2) is 47.7 Å². The fourth-order valence-electron chi connectivity index (χ4n) is 4.95. The number of nitrogens with one attached hydrogen (secondary N) is 4. The van der Waals surface area contributed by atoms with E-state index in [0.717, 1.165) is 26.2 Å². The van der Waals surface area contributed by atoms with Crippen molar-refractivity contribution in [3.63, 3.8) is 0 Å². The van der Waals surface area contributed by atoms with Gasteiger partial charge in [0.15, 0.2) is 0 Å². The molecule has 28 heavy (non-hydrogen) atoms. The van der Waals surface area contributed by atoms with Gasteiger partial charge in [-0.3, -0.25) is 4.98 Å². The van der Waals surface area contributed by atoms with E-state index in [1.165, 1.54) is 62.8 Å². The standard InChI is InChI=1S/C21H35N5.Mn.H2O/c1-3-10-20-18(8-1)22-12-13-23-19-9-2-4-11-21(19)25-15-17-7-5-6-16(26-17)14-24-20;;/h5-7,18-25H,1-4,8-15H2;;1H2/t18-,19?,20-,21-;;/m1../s1. The summed E-state index contributed by atoms with van der Waals surface area (Å²) >= 11 is 0. The summed E-state index contributed by atoms with van der Waals surface area (Å²) in [6, 6.07) is 8.81. The maximum atomic E-state index is 4.89. The third-order valence-corrected chi connectivity index (χ3v) is 6.43. The zero-order valence-electron chi connectivity index (χ0n) is 16.9. The van der Waals surface area contributed by atoms with Gasteiger partial charge in [0.1, 0.15) is 0 Å². The second-order valence-electron chi connectivity index (χ2n) is 8.29. The van der Waals surface area contributed by atoms with Gasteiger partial charge in [0, 0.05) is 67.4 Å². The van der Waals surface area contributed by atoms with Gasteiger partial charge in [-0.1, -0.05) is 31.7 Å². The molecule has 2 bridgehead atoms. The van der Waals surface area contributed by atoms with Crippen molar-refractivity contribution < 1.29 is 22.5 Å². The van der Waals surface area contributed by atoms with Gasteiger partial charge in [0.25, 0.3) is 0 Å². The number of hydrogen-bond acceptors (Lipinski definition) is 5. The SMILES string of the molecule is O.[Mn].c1cc2nc(c1)CN[C@@H]1CCCC[C@H]1NCCNC1CCCC[C@H]1NC2. The van der Waals surface area contributed by atoms with Crippen molar-refractivity contribution in [2.24, 2.45) is 0 Å². The summed E-state index contributed by atoms with van der Waals surface area (Å²) in [5.74, 6) is 0. The Bertz CT molecular complexity index is 530. The van der Waals surface area contributed by atoms with Gasteiger partial charge in [-0.05, 0) is 37.8 Å². The van der Waals surface area contributed by atoms with E-state index in [1.807, 2.05) is 0 Å².